The molecule has 1 aromatic heterocycles. The lowest BCUT2D eigenvalue weighted by Crippen LogP contribution is -2.59. The highest BCUT2D eigenvalue weighted by Gasteiger charge is 2.33. The Balaban J connectivity index is 2.11. The zero-order chi connectivity index (χ0) is 29.3. The lowest BCUT2D eigenvalue weighted by Gasteiger charge is -2.26. The van der Waals surface area contributed by atoms with Gasteiger partial charge in [0.25, 0.3) is 0 Å². The predicted molar refractivity (Wildman–Crippen MR) is 139 cm³/mol. The van der Waals surface area contributed by atoms with Gasteiger partial charge in [-0.05, 0) is 30.4 Å². The third-order valence-corrected chi connectivity index (χ3v) is 6.00. The summed E-state index contributed by atoms with van der Waals surface area (Å²) in [6.07, 6.45) is 0.470. The fourth-order valence-corrected chi connectivity index (χ4v) is 3.89. The van der Waals surface area contributed by atoms with Crippen molar-refractivity contribution in [2.45, 2.75) is 63.7 Å². The number of nitrogens with one attached hydrogen (secondary N) is 4. The Labute approximate surface area is 223 Å². The number of hydrogen-bond donors (Lipinski definition) is 8. The Morgan fingerprint density at radius 3 is 2.15 bits per heavy atom. The molecular formula is C25H34N6O8. The van der Waals surface area contributed by atoms with Crippen molar-refractivity contribution in [1.82, 2.24) is 20.9 Å². The number of hydrogen-bond acceptors (Lipinski definition) is 7. The van der Waals surface area contributed by atoms with Crippen molar-refractivity contribution in [3.8, 4) is 0 Å². The standard InChI is InChI=1S/C25H34N6O8/c1-12(2)21(24(37)29-17(25(38)39)7-8-19(27)32)31-23(36)18(10-20(33)34)30-22(35)15(26)9-13-11-28-16-6-4-3-5-14(13)16/h3-6,11-12,15,17-18,21,28H,7-10,26H2,1-2H3,(H2,27,32)(H,29,37)(H,30,35)(H,31,36)(H,33,34)(H,38,39). The average Bonchev–Trinajstić information content (AvgIpc) is 3.26. The first-order valence-corrected chi connectivity index (χ1v) is 12.2. The summed E-state index contributed by atoms with van der Waals surface area (Å²) in [5.74, 6) is -6.70. The summed E-state index contributed by atoms with van der Waals surface area (Å²) < 4.78 is 0. The van der Waals surface area contributed by atoms with E-state index in [1.165, 1.54) is 0 Å². The highest BCUT2D eigenvalue weighted by atomic mass is 16.4. The zero-order valence-electron chi connectivity index (χ0n) is 21.6. The lowest BCUT2D eigenvalue weighted by atomic mass is 10.0. The number of rotatable bonds is 15. The molecule has 14 heteroatoms. The van der Waals surface area contributed by atoms with Crippen LogP contribution in [0.25, 0.3) is 10.9 Å². The van der Waals surface area contributed by atoms with E-state index in [2.05, 4.69) is 20.9 Å². The third kappa shape index (κ3) is 9.10. The Bertz CT molecular complexity index is 1230. The quantitative estimate of drug-likeness (QED) is 0.136. The minimum absolute atomic E-state index is 0.107. The first kappa shape index (κ1) is 30.8. The molecule has 0 fully saturated rings. The number of carbonyl (C=O) groups is 6. The van der Waals surface area contributed by atoms with Crippen LogP contribution in [0.3, 0.4) is 0 Å². The van der Waals surface area contributed by atoms with Gasteiger partial charge in [-0.15, -0.1) is 0 Å². The monoisotopic (exact) mass is 546 g/mol. The van der Waals surface area contributed by atoms with Crippen LogP contribution in [0.1, 0.15) is 38.7 Å². The Kier molecular flexibility index (Phi) is 11.0. The number of para-hydroxylation sites is 1. The molecule has 0 aliphatic rings. The molecule has 4 amide bonds. The molecule has 2 rings (SSSR count). The molecule has 0 radical (unpaired) electrons. The van der Waals surface area contributed by atoms with Gasteiger partial charge in [0.1, 0.15) is 18.1 Å². The molecule has 1 heterocycles. The normalized spacial score (nSPS) is 14.2. The number of amides is 4. The van der Waals surface area contributed by atoms with Crippen LogP contribution in [0.2, 0.25) is 0 Å². The van der Waals surface area contributed by atoms with E-state index < -0.39 is 72.1 Å². The van der Waals surface area contributed by atoms with E-state index >= 15 is 0 Å². The van der Waals surface area contributed by atoms with Crippen molar-refractivity contribution in [3.63, 3.8) is 0 Å². The van der Waals surface area contributed by atoms with Gasteiger partial charge in [0.15, 0.2) is 0 Å². The van der Waals surface area contributed by atoms with Crippen molar-refractivity contribution in [2.24, 2.45) is 17.4 Å². The molecule has 2 aromatic rings. The molecular weight excluding hydrogens is 512 g/mol. The average molecular weight is 547 g/mol. The summed E-state index contributed by atoms with van der Waals surface area (Å²) in [6.45, 7) is 3.15. The number of benzene rings is 1. The molecule has 0 bridgehead atoms. The fourth-order valence-electron chi connectivity index (χ4n) is 3.89. The van der Waals surface area contributed by atoms with E-state index in [4.69, 9.17) is 11.5 Å². The molecule has 0 saturated carbocycles. The Hall–Kier alpha value is -4.46. The number of nitrogens with two attached hydrogens (primary N) is 2. The van der Waals surface area contributed by atoms with E-state index in [0.717, 1.165) is 16.5 Å². The Morgan fingerprint density at radius 1 is 0.923 bits per heavy atom. The first-order valence-electron chi connectivity index (χ1n) is 12.2. The minimum Gasteiger partial charge on any atom is -0.481 e. The molecule has 212 valence electrons. The molecule has 0 spiro atoms. The molecule has 4 atom stereocenters. The SMILES string of the molecule is CC(C)C(NC(=O)C(CC(=O)O)NC(=O)C(N)Cc1c[nH]c2ccccc12)C(=O)NC(CCC(N)=O)C(=O)O. The number of carbonyl (C=O) groups excluding carboxylic acids is 4. The van der Waals surface area contributed by atoms with Gasteiger partial charge in [0.2, 0.25) is 23.6 Å². The number of aromatic nitrogens is 1. The van der Waals surface area contributed by atoms with Crippen LogP contribution in [-0.4, -0.2) is 74.9 Å². The van der Waals surface area contributed by atoms with E-state index in [-0.39, 0.29) is 19.3 Å². The minimum atomic E-state index is -1.57. The topological polar surface area (TPSA) is 247 Å². The fraction of sp³-hybridized carbons (Fsp3) is 0.440. The van der Waals surface area contributed by atoms with Crippen molar-refractivity contribution in [2.75, 3.05) is 0 Å². The number of aliphatic carboxylic acids is 2. The molecule has 0 saturated heterocycles. The third-order valence-electron chi connectivity index (χ3n) is 6.00. The molecule has 1 aromatic carbocycles. The van der Waals surface area contributed by atoms with Crippen molar-refractivity contribution >= 4 is 46.5 Å². The van der Waals surface area contributed by atoms with Gasteiger partial charge in [-0.25, -0.2) is 4.79 Å². The van der Waals surface area contributed by atoms with Gasteiger partial charge >= 0.3 is 11.9 Å². The van der Waals surface area contributed by atoms with Crippen LogP contribution in [-0.2, 0) is 35.2 Å². The van der Waals surface area contributed by atoms with Crippen LogP contribution in [0.15, 0.2) is 30.5 Å². The van der Waals surface area contributed by atoms with Gasteiger partial charge in [0, 0.05) is 23.5 Å². The van der Waals surface area contributed by atoms with Crippen LogP contribution in [0.5, 0.6) is 0 Å². The van der Waals surface area contributed by atoms with Crippen LogP contribution < -0.4 is 27.4 Å². The van der Waals surface area contributed by atoms with E-state index in [1.54, 1.807) is 20.0 Å². The summed E-state index contributed by atoms with van der Waals surface area (Å²) in [6, 6.07) is 1.99. The van der Waals surface area contributed by atoms with E-state index in [9.17, 15) is 39.0 Å². The molecule has 10 N–H and O–H groups in total. The molecule has 39 heavy (non-hydrogen) atoms. The number of aromatic amines is 1. The largest absolute Gasteiger partial charge is 0.481 e. The first-order chi connectivity index (χ1) is 18.3. The number of primary amides is 1. The summed E-state index contributed by atoms with van der Waals surface area (Å²) in [4.78, 5) is 75.6. The van der Waals surface area contributed by atoms with Gasteiger partial charge < -0.3 is 42.6 Å². The van der Waals surface area contributed by atoms with Crippen molar-refractivity contribution < 1.29 is 39.0 Å². The van der Waals surface area contributed by atoms with Crippen molar-refractivity contribution in [3.05, 3.63) is 36.0 Å². The summed E-state index contributed by atoms with van der Waals surface area (Å²) in [5, 5.41) is 26.5. The van der Waals surface area contributed by atoms with Crippen LogP contribution >= 0.6 is 0 Å². The lowest BCUT2D eigenvalue weighted by molar-refractivity contribution is -0.143. The summed E-state index contributed by atoms with van der Waals surface area (Å²) in [5.41, 5.74) is 12.7. The number of fused-ring (bicyclic) bond motifs is 1. The maximum atomic E-state index is 13.0. The number of carboxylic acid groups (broad SMARTS) is 2. The number of H-pyrrole nitrogens is 1. The highest BCUT2D eigenvalue weighted by molar-refractivity contribution is 5.96. The van der Waals surface area contributed by atoms with E-state index in [1.807, 2.05) is 24.3 Å². The molecule has 14 nitrogen and oxygen atoms in total. The predicted octanol–water partition coefficient (Wildman–Crippen LogP) is -1.03. The summed E-state index contributed by atoms with van der Waals surface area (Å²) >= 11 is 0. The molecule has 0 aliphatic heterocycles. The second-order valence-corrected chi connectivity index (χ2v) is 9.46. The van der Waals surface area contributed by atoms with Crippen LogP contribution in [0, 0.1) is 5.92 Å². The smallest absolute Gasteiger partial charge is 0.326 e. The zero-order valence-corrected chi connectivity index (χ0v) is 21.6. The second-order valence-electron chi connectivity index (χ2n) is 9.46. The van der Waals surface area contributed by atoms with Crippen LogP contribution in [0.4, 0.5) is 0 Å². The second kappa shape index (κ2) is 13.9. The van der Waals surface area contributed by atoms with E-state index in [0.29, 0.717) is 0 Å². The number of carboxylic acids is 2. The molecule has 4 unspecified atom stereocenters. The van der Waals surface area contributed by atoms with Gasteiger partial charge in [0.05, 0.1) is 12.5 Å². The van der Waals surface area contributed by atoms with Crippen molar-refractivity contribution in [1.29, 1.82) is 0 Å². The van der Waals surface area contributed by atoms with Gasteiger partial charge in [-0.3, -0.25) is 24.0 Å². The molecule has 0 aliphatic carbocycles. The highest BCUT2D eigenvalue weighted by Crippen LogP contribution is 2.19. The van der Waals surface area contributed by atoms with Gasteiger partial charge in [-0.2, -0.15) is 0 Å². The Morgan fingerprint density at radius 2 is 1.56 bits per heavy atom. The summed E-state index contributed by atoms with van der Waals surface area (Å²) in [7, 11) is 0. The maximum absolute atomic E-state index is 13.0. The van der Waals surface area contributed by atoms with Gasteiger partial charge in [-0.1, -0.05) is 32.0 Å². The maximum Gasteiger partial charge on any atom is 0.326 e.